The normalized spacial score (nSPS) is 17.6. The van der Waals surface area contributed by atoms with Gasteiger partial charge >= 0.3 is 0 Å². The van der Waals surface area contributed by atoms with Crippen LogP contribution in [-0.2, 0) is 21.9 Å². The molecule has 0 bridgehead atoms. The number of aromatic nitrogens is 1. The number of benzene rings is 1. The first-order chi connectivity index (χ1) is 18.3. The highest BCUT2D eigenvalue weighted by atomic mass is 127. The number of hydrogen-bond donors (Lipinski definition) is 3. The minimum absolute atomic E-state index is 0. The molecular formula is C30H45IN4O4S. The van der Waals surface area contributed by atoms with E-state index in [-0.39, 0.29) is 59.5 Å². The summed E-state index contributed by atoms with van der Waals surface area (Å²) in [6, 6.07) is 7.55. The van der Waals surface area contributed by atoms with Gasteiger partial charge in [0, 0.05) is 18.5 Å². The molecule has 0 aliphatic heterocycles. The zero-order chi connectivity index (χ0) is 28.9. The van der Waals surface area contributed by atoms with E-state index in [4.69, 9.17) is 0 Å². The first-order valence-corrected chi connectivity index (χ1v) is 15.5. The number of carbonyl (C=O) groups excluding carboxylic acids is 2. The summed E-state index contributed by atoms with van der Waals surface area (Å²) in [4.78, 5) is 25.4. The summed E-state index contributed by atoms with van der Waals surface area (Å²) in [5.41, 5.74) is 8.39. The van der Waals surface area contributed by atoms with Crippen LogP contribution in [0.2, 0.25) is 0 Å². The number of nitrogens with zero attached hydrogens (tertiary/aromatic N) is 1. The number of hydrazine groups is 1. The highest BCUT2D eigenvalue weighted by Gasteiger charge is 2.30. The second-order valence-corrected chi connectivity index (χ2v) is 13.5. The minimum atomic E-state index is -3.71. The van der Waals surface area contributed by atoms with Crippen molar-refractivity contribution in [1.29, 1.82) is 0 Å². The third-order valence-electron chi connectivity index (χ3n) is 7.63. The van der Waals surface area contributed by atoms with E-state index in [2.05, 4.69) is 41.6 Å². The van der Waals surface area contributed by atoms with Gasteiger partial charge in [-0.25, -0.2) is 17.7 Å². The lowest BCUT2D eigenvalue weighted by molar-refractivity contribution is -0.671. The fraction of sp³-hybridized carbons (Fsp3) is 0.567. The van der Waals surface area contributed by atoms with Gasteiger partial charge in [-0.3, -0.25) is 20.4 Å². The highest BCUT2D eigenvalue weighted by Crippen LogP contribution is 2.35. The Morgan fingerprint density at radius 1 is 0.925 bits per heavy atom. The standard InChI is InChI=1S/C30H44N4O4S.HI/c1-19(2)25-15-26(20(3)4)28(27(16-25)21(5)6)39(37,38)31-17-22-10-12-23(13-11-22)29(35)32-33-30(36)24-9-8-14-34(7)18-24;/h8-9,14-16,18-23,31H,10-13,17H2,1-7H3,(H-,32,33,35,36);1H. The van der Waals surface area contributed by atoms with Crippen LogP contribution >= 0.6 is 0 Å². The molecule has 1 aromatic heterocycles. The zero-order valence-corrected chi connectivity index (χ0v) is 27.7. The number of nitrogens with one attached hydrogen (secondary N) is 3. The van der Waals surface area contributed by atoms with Crippen LogP contribution in [0.15, 0.2) is 41.6 Å². The van der Waals surface area contributed by atoms with Crippen LogP contribution in [0.5, 0.6) is 0 Å². The molecule has 1 heterocycles. The first-order valence-electron chi connectivity index (χ1n) is 14.0. The van der Waals surface area contributed by atoms with Crippen molar-refractivity contribution in [2.75, 3.05) is 6.54 Å². The van der Waals surface area contributed by atoms with E-state index in [1.165, 1.54) is 0 Å². The number of sulfonamides is 1. The monoisotopic (exact) mass is 684 g/mol. The number of amides is 2. The van der Waals surface area contributed by atoms with E-state index in [9.17, 15) is 18.0 Å². The molecule has 0 atom stereocenters. The molecule has 222 valence electrons. The van der Waals surface area contributed by atoms with Gasteiger partial charge in [-0.05, 0) is 72.1 Å². The van der Waals surface area contributed by atoms with Crippen LogP contribution in [-0.4, -0.2) is 26.8 Å². The van der Waals surface area contributed by atoms with Crippen molar-refractivity contribution < 1.29 is 46.6 Å². The van der Waals surface area contributed by atoms with Crippen LogP contribution < -0.4 is 44.1 Å². The summed E-state index contributed by atoms with van der Waals surface area (Å²) in [6.45, 7) is 12.8. The number of pyridine rings is 1. The first kappa shape index (κ1) is 34.2. The van der Waals surface area contributed by atoms with Crippen molar-refractivity contribution in [2.45, 2.75) is 89.9 Å². The Bertz CT molecular complexity index is 1260. The van der Waals surface area contributed by atoms with Gasteiger partial charge in [0.15, 0.2) is 12.4 Å². The molecule has 1 saturated carbocycles. The number of halogens is 1. The Kier molecular flexibility index (Phi) is 12.6. The minimum Gasteiger partial charge on any atom is -1.00 e. The molecule has 40 heavy (non-hydrogen) atoms. The van der Waals surface area contributed by atoms with Crippen LogP contribution in [0.25, 0.3) is 0 Å². The van der Waals surface area contributed by atoms with Gasteiger partial charge in [0.25, 0.3) is 5.91 Å². The zero-order valence-electron chi connectivity index (χ0n) is 24.8. The molecule has 1 aliphatic rings. The van der Waals surface area contributed by atoms with Crippen LogP contribution in [0.4, 0.5) is 0 Å². The SMILES string of the molecule is CC(C)c1cc(C(C)C)c(S(=O)(=O)NCC2CCC(C(=O)NNC(=O)c3ccc[n+](C)c3)CC2)c(C(C)C)c1.[I-]. The number of aryl methyl sites for hydroxylation is 1. The van der Waals surface area contributed by atoms with E-state index in [1.807, 2.05) is 40.9 Å². The Morgan fingerprint density at radius 3 is 2.00 bits per heavy atom. The van der Waals surface area contributed by atoms with Gasteiger partial charge in [-0.15, -0.1) is 0 Å². The second kappa shape index (κ2) is 14.7. The van der Waals surface area contributed by atoms with Crippen molar-refractivity contribution in [1.82, 2.24) is 15.6 Å². The lowest BCUT2D eigenvalue weighted by Crippen LogP contribution is -3.00. The van der Waals surface area contributed by atoms with E-state index in [0.717, 1.165) is 29.5 Å². The van der Waals surface area contributed by atoms with Crippen molar-refractivity contribution in [3.8, 4) is 0 Å². The predicted molar refractivity (Wildman–Crippen MR) is 153 cm³/mol. The van der Waals surface area contributed by atoms with Gasteiger partial charge in [-0.2, -0.15) is 0 Å². The smallest absolute Gasteiger partial charge is 0.275 e. The van der Waals surface area contributed by atoms with Gasteiger partial charge < -0.3 is 24.0 Å². The van der Waals surface area contributed by atoms with Crippen molar-refractivity contribution in [3.05, 3.63) is 58.9 Å². The lowest BCUT2D eigenvalue weighted by atomic mass is 9.82. The molecule has 1 aliphatic carbocycles. The number of carbonyl (C=O) groups is 2. The molecule has 3 N–H and O–H groups in total. The van der Waals surface area contributed by atoms with Crippen molar-refractivity contribution in [3.63, 3.8) is 0 Å². The second-order valence-electron chi connectivity index (χ2n) is 11.8. The summed E-state index contributed by atoms with van der Waals surface area (Å²) >= 11 is 0. The molecule has 0 spiro atoms. The predicted octanol–water partition coefficient (Wildman–Crippen LogP) is 1.43. The molecule has 0 unspecified atom stereocenters. The summed E-state index contributed by atoms with van der Waals surface area (Å²) in [6.07, 6.45) is 6.27. The molecule has 8 nitrogen and oxygen atoms in total. The topological polar surface area (TPSA) is 108 Å². The van der Waals surface area contributed by atoms with Crippen LogP contribution in [0.3, 0.4) is 0 Å². The maximum absolute atomic E-state index is 13.6. The average Bonchev–Trinajstić information content (AvgIpc) is 2.89. The quantitative estimate of drug-likeness (QED) is 0.211. The molecule has 1 fully saturated rings. The van der Waals surface area contributed by atoms with Crippen molar-refractivity contribution in [2.24, 2.45) is 18.9 Å². The summed E-state index contributed by atoms with van der Waals surface area (Å²) < 4.78 is 32.0. The van der Waals surface area contributed by atoms with E-state index < -0.39 is 10.0 Å². The Morgan fingerprint density at radius 2 is 1.50 bits per heavy atom. The molecule has 0 radical (unpaired) electrons. The fourth-order valence-electron chi connectivity index (χ4n) is 5.14. The Labute approximate surface area is 257 Å². The number of hydrogen-bond acceptors (Lipinski definition) is 4. The maximum Gasteiger partial charge on any atom is 0.275 e. The van der Waals surface area contributed by atoms with E-state index >= 15 is 0 Å². The van der Waals surface area contributed by atoms with E-state index in [0.29, 0.717) is 35.8 Å². The molecular weight excluding hydrogens is 639 g/mol. The van der Waals surface area contributed by atoms with Gasteiger partial charge in [0.05, 0.1) is 4.90 Å². The summed E-state index contributed by atoms with van der Waals surface area (Å²) in [5.74, 6) is -0.177. The average molecular weight is 685 g/mol. The summed E-state index contributed by atoms with van der Waals surface area (Å²) in [5, 5.41) is 0. The van der Waals surface area contributed by atoms with Gasteiger partial charge in [-0.1, -0.05) is 53.7 Å². The fourth-order valence-corrected chi connectivity index (χ4v) is 6.95. The highest BCUT2D eigenvalue weighted by molar-refractivity contribution is 7.89. The summed E-state index contributed by atoms with van der Waals surface area (Å²) in [7, 11) is -1.89. The molecule has 10 heteroatoms. The molecule has 2 aromatic rings. The van der Waals surface area contributed by atoms with Crippen LogP contribution in [0, 0.1) is 11.8 Å². The Hall–Kier alpha value is -2.05. The third kappa shape index (κ3) is 8.72. The van der Waals surface area contributed by atoms with Crippen molar-refractivity contribution >= 4 is 21.8 Å². The molecule has 0 saturated heterocycles. The lowest BCUT2D eigenvalue weighted by Gasteiger charge is -2.28. The maximum atomic E-state index is 13.6. The number of rotatable bonds is 9. The largest absolute Gasteiger partial charge is 1.00 e. The molecule has 3 rings (SSSR count). The third-order valence-corrected chi connectivity index (χ3v) is 9.18. The van der Waals surface area contributed by atoms with E-state index in [1.54, 1.807) is 22.9 Å². The molecule has 2 amide bonds. The van der Waals surface area contributed by atoms with Crippen LogP contribution in [0.1, 0.15) is 112 Å². The molecule has 1 aromatic carbocycles. The van der Waals surface area contributed by atoms with Gasteiger partial charge in [0.2, 0.25) is 15.9 Å². The van der Waals surface area contributed by atoms with Gasteiger partial charge in [0.1, 0.15) is 12.6 Å². The Balaban J connectivity index is 0.00000560.